The zero-order valence-electron chi connectivity index (χ0n) is 17.4. The molecule has 0 aliphatic carbocycles. The van der Waals surface area contributed by atoms with Crippen LogP contribution in [0.4, 0.5) is 8.78 Å². The van der Waals surface area contributed by atoms with E-state index in [1.807, 2.05) is 31.2 Å². The molecule has 1 saturated heterocycles. The average Bonchev–Trinajstić information content (AvgIpc) is 2.76. The van der Waals surface area contributed by atoms with Gasteiger partial charge in [-0.05, 0) is 43.2 Å². The van der Waals surface area contributed by atoms with Gasteiger partial charge in [0, 0.05) is 32.6 Å². The van der Waals surface area contributed by atoms with Crippen LogP contribution in [0, 0.1) is 6.92 Å². The van der Waals surface area contributed by atoms with E-state index in [4.69, 9.17) is 4.74 Å². The van der Waals surface area contributed by atoms with Gasteiger partial charge in [-0.1, -0.05) is 24.3 Å². The fraction of sp³-hybridized carbons (Fsp3) is 0.391. The Morgan fingerprint density at radius 2 is 1.71 bits per heavy atom. The lowest BCUT2D eigenvalue weighted by Crippen LogP contribution is -2.50. The summed E-state index contributed by atoms with van der Waals surface area (Å²) in [5.74, 6) is 0.279. The van der Waals surface area contributed by atoms with E-state index < -0.39 is 6.61 Å². The van der Waals surface area contributed by atoms with E-state index in [9.17, 15) is 18.4 Å². The summed E-state index contributed by atoms with van der Waals surface area (Å²) in [6.07, 6.45) is 0.967. The molecule has 31 heavy (non-hydrogen) atoms. The second-order valence-electron chi connectivity index (χ2n) is 7.32. The Hall–Kier alpha value is -3.16. The first-order valence-electron chi connectivity index (χ1n) is 10.2. The van der Waals surface area contributed by atoms with Crippen LogP contribution in [-0.2, 0) is 4.79 Å². The Morgan fingerprint density at radius 1 is 1.00 bits per heavy atom. The van der Waals surface area contributed by atoms with Crippen molar-refractivity contribution in [2.24, 2.45) is 0 Å². The van der Waals surface area contributed by atoms with Crippen molar-refractivity contribution < 1.29 is 27.8 Å². The zero-order chi connectivity index (χ0) is 22.2. The van der Waals surface area contributed by atoms with Crippen molar-refractivity contribution in [1.29, 1.82) is 0 Å². The first-order valence-corrected chi connectivity index (χ1v) is 10.2. The Morgan fingerprint density at radius 3 is 2.42 bits per heavy atom. The van der Waals surface area contributed by atoms with Gasteiger partial charge in [-0.25, -0.2) is 0 Å². The number of para-hydroxylation sites is 1. The van der Waals surface area contributed by atoms with Gasteiger partial charge in [0.2, 0.25) is 5.91 Å². The molecule has 0 bridgehead atoms. The Labute approximate surface area is 180 Å². The molecule has 2 aromatic carbocycles. The third-order valence-corrected chi connectivity index (χ3v) is 5.05. The SMILES string of the molecule is Cc1cccc(OCCCC(=O)N2CCN(C(=O)c3ccccc3OC(F)F)CC2)c1. The number of ether oxygens (including phenoxy) is 2. The van der Waals surface area contributed by atoms with Gasteiger partial charge in [-0.15, -0.1) is 0 Å². The minimum Gasteiger partial charge on any atom is -0.494 e. The van der Waals surface area contributed by atoms with Gasteiger partial charge in [-0.2, -0.15) is 8.78 Å². The molecule has 6 nitrogen and oxygen atoms in total. The number of piperazine rings is 1. The molecule has 2 amide bonds. The number of amides is 2. The number of carbonyl (C=O) groups excluding carboxylic acids is 2. The van der Waals surface area contributed by atoms with Crippen LogP contribution in [-0.4, -0.2) is 61.0 Å². The van der Waals surface area contributed by atoms with Crippen LogP contribution in [0.25, 0.3) is 0 Å². The fourth-order valence-electron chi connectivity index (χ4n) is 3.45. The summed E-state index contributed by atoms with van der Waals surface area (Å²) in [4.78, 5) is 28.5. The Balaban J connectivity index is 1.44. The lowest BCUT2D eigenvalue weighted by molar-refractivity contribution is -0.132. The number of halogens is 2. The highest BCUT2D eigenvalue weighted by atomic mass is 19.3. The molecule has 3 rings (SSSR count). The van der Waals surface area contributed by atoms with Gasteiger partial charge in [0.1, 0.15) is 11.5 Å². The summed E-state index contributed by atoms with van der Waals surface area (Å²) < 4.78 is 35.3. The van der Waals surface area contributed by atoms with Gasteiger partial charge in [-0.3, -0.25) is 9.59 Å². The van der Waals surface area contributed by atoms with E-state index in [2.05, 4.69) is 4.74 Å². The van der Waals surface area contributed by atoms with Crippen molar-refractivity contribution in [3.63, 3.8) is 0 Å². The summed E-state index contributed by atoms with van der Waals surface area (Å²) in [6.45, 7) is 0.932. The number of benzene rings is 2. The number of alkyl halides is 2. The number of hydrogen-bond donors (Lipinski definition) is 0. The van der Waals surface area contributed by atoms with E-state index in [-0.39, 0.29) is 23.1 Å². The van der Waals surface area contributed by atoms with Crippen LogP contribution in [0.3, 0.4) is 0 Å². The second kappa shape index (κ2) is 10.7. The van der Waals surface area contributed by atoms with Crippen molar-refractivity contribution in [3.8, 4) is 11.5 Å². The van der Waals surface area contributed by atoms with Gasteiger partial charge in [0.15, 0.2) is 0 Å². The Bertz CT molecular complexity index is 899. The lowest BCUT2D eigenvalue weighted by Gasteiger charge is -2.35. The highest BCUT2D eigenvalue weighted by molar-refractivity contribution is 5.97. The minimum atomic E-state index is -3.00. The lowest BCUT2D eigenvalue weighted by atomic mass is 10.1. The first-order chi connectivity index (χ1) is 14.9. The zero-order valence-corrected chi connectivity index (χ0v) is 17.4. The first kappa shape index (κ1) is 22.5. The summed E-state index contributed by atoms with van der Waals surface area (Å²) >= 11 is 0. The number of rotatable bonds is 8. The molecule has 0 atom stereocenters. The maximum Gasteiger partial charge on any atom is 0.387 e. The average molecular weight is 432 g/mol. The van der Waals surface area contributed by atoms with Gasteiger partial charge < -0.3 is 19.3 Å². The number of nitrogens with zero attached hydrogens (tertiary/aromatic N) is 2. The third kappa shape index (κ3) is 6.41. The van der Waals surface area contributed by atoms with Gasteiger partial charge >= 0.3 is 6.61 Å². The van der Waals surface area contributed by atoms with Crippen molar-refractivity contribution >= 4 is 11.8 Å². The molecule has 0 radical (unpaired) electrons. The summed E-state index contributed by atoms with van der Waals surface area (Å²) in [7, 11) is 0. The maximum absolute atomic E-state index is 12.7. The highest BCUT2D eigenvalue weighted by Crippen LogP contribution is 2.22. The van der Waals surface area contributed by atoms with E-state index in [1.54, 1.807) is 15.9 Å². The smallest absolute Gasteiger partial charge is 0.387 e. The normalized spacial score (nSPS) is 13.9. The number of hydrogen-bond acceptors (Lipinski definition) is 4. The summed E-state index contributed by atoms with van der Waals surface area (Å²) in [5, 5.41) is 0. The van der Waals surface area contributed by atoms with E-state index in [0.717, 1.165) is 11.3 Å². The topological polar surface area (TPSA) is 59.1 Å². The third-order valence-electron chi connectivity index (χ3n) is 5.05. The van der Waals surface area contributed by atoms with Crippen molar-refractivity contribution in [2.75, 3.05) is 32.8 Å². The second-order valence-corrected chi connectivity index (χ2v) is 7.32. The molecule has 0 saturated carbocycles. The predicted molar refractivity (Wildman–Crippen MR) is 111 cm³/mol. The maximum atomic E-state index is 12.7. The fourth-order valence-corrected chi connectivity index (χ4v) is 3.45. The molecule has 1 fully saturated rings. The van der Waals surface area contributed by atoms with Crippen LogP contribution >= 0.6 is 0 Å². The molecular formula is C23H26F2N2O4. The largest absolute Gasteiger partial charge is 0.494 e. The number of carbonyl (C=O) groups is 2. The molecule has 0 spiro atoms. The van der Waals surface area contributed by atoms with Crippen molar-refractivity contribution in [2.45, 2.75) is 26.4 Å². The van der Waals surface area contributed by atoms with Crippen molar-refractivity contribution in [3.05, 3.63) is 59.7 Å². The van der Waals surface area contributed by atoms with Crippen LogP contribution in [0.5, 0.6) is 11.5 Å². The quantitative estimate of drug-likeness (QED) is 0.597. The monoisotopic (exact) mass is 432 g/mol. The predicted octanol–water partition coefficient (Wildman–Crippen LogP) is 3.74. The minimum absolute atomic E-state index is 0.0152. The molecule has 1 heterocycles. The molecule has 8 heteroatoms. The molecular weight excluding hydrogens is 406 g/mol. The highest BCUT2D eigenvalue weighted by Gasteiger charge is 2.26. The standard InChI is InChI=1S/C23H26F2N2O4/c1-17-6-4-7-18(16-17)30-15-5-10-21(28)26-11-13-27(14-12-26)22(29)19-8-2-3-9-20(19)31-23(24)25/h2-4,6-9,16,23H,5,10-15H2,1H3. The summed E-state index contributed by atoms with van der Waals surface area (Å²) in [5.41, 5.74) is 1.21. The Kier molecular flexibility index (Phi) is 7.81. The molecule has 1 aliphatic rings. The van der Waals surface area contributed by atoms with Crippen LogP contribution < -0.4 is 9.47 Å². The van der Waals surface area contributed by atoms with Crippen LogP contribution in [0.15, 0.2) is 48.5 Å². The molecule has 166 valence electrons. The van der Waals surface area contributed by atoms with Crippen molar-refractivity contribution in [1.82, 2.24) is 9.80 Å². The molecule has 2 aromatic rings. The van der Waals surface area contributed by atoms with Gasteiger partial charge in [0.05, 0.1) is 12.2 Å². The molecule has 0 unspecified atom stereocenters. The molecule has 0 N–H and O–H groups in total. The van der Waals surface area contributed by atoms with Crippen LogP contribution in [0.2, 0.25) is 0 Å². The van der Waals surface area contributed by atoms with Crippen LogP contribution in [0.1, 0.15) is 28.8 Å². The number of aryl methyl sites for hydroxylation is 1. The van der Waals surface area contributed by atoms with Gasteiger partial charge in [0.25, 0.3) is 5.91 Å². The van der Waals surface area contributed by atoms with E-state index in [0.29, 0.717) is 45.6 Å². The molecule has 1 aliphatic heterocycles. The van der Waals surface area contributed by atoms with E-state index in [1.165, 1.54) is 18.2 Å². The van der Waals surface area contributed by atoms with E-state index >= 15 is 0 Å². The summed E-state index contributed by atoms with van der Waals surface area (Å²) in [6, 6.07) is 13.7. The molecule has 0 aromatic heterocycles.